The van der Waals surface area contributed by atoms with E-state index in [0.717, 1.165) is 11.5 Å². The van der Waals surface area contributed by atoms with Gasteiger partial charge in [-0.1, -0.05) is 13.8 Å². The van der Waals surface area contributed by atoms with Crippen LogP contribution in [-0.4, -0.2) is 51.5 Å². The van der Waals surface area contributed by atoms with Crippen molar-refractivity contribution in [3.8, 4) is 0 Å². The van der Waals surface area contributed by atoms with E-state index in [0.29, 0.717) is 6.54 Å². The predicted octanol–water partition coefficient (Wildman–Crippen LogP) is -0.189. The number of aromatic amines is 1. The molecule has 0 fully saturated rings. The van der Waals surface area contributed by atoms with Crippen molar-refractivity contribution in [3.05, 3.63) is 17.7 Å². The molecule has 0 saturated heterocycles. The number of aromatic nitrogens is 2. The second-order valence-corrected chi connectivity index (χ2v) is 4.91. The van der Waals surface area contributed by atoms with Crippen molar-refractivity contribution in [1.82, 2.24) is 20.2 Å². The number of hydrogen-bond donors (Lipinski definition) is 3. The standard InChI is InChI=1S/C13H22N4O3/c1-9(2)13(20)15-7-12(19)17(4-5-18)8-11-6-14-10(3)16-11/h6,9,18H,4-5,7-8H2,1-3H3,(H,14,16)(H,15,20). The number of carbonyl (C=O) groups excluding carboxylic acids is 2. The van der Waals surface area contributed by atoms with E-state index in [1.807, 2.05) is 6.92 Å². The molecule has 2 amide bonds. The number of imidazole rings is 1. The van der Waals surface area contributed by atoms with Crippen molar-refractivity contribution in [2.45, 2.75) is 27.3 Å². The fourth-order valence-electron chi connectivity index (χ4n) is 1.65. The molecule has 3 N–H and O–H groups in total. The number of nitrogens with one attached hydrogen (secondary N) is 2. The number of carbonyl (C=O) groups is 2. The summed E-state index contributed by atoms with van der Waals surface area (Å²) >= 11 is 0. The van der Waals surface area contributed by atoms with E-state index in [4.69, 9.17) is 5.11 Å². The second-order valence-electron chi connectivity index (χ2n) is 4.91. The van der Waals surface area contributed by atoms with Crippen LogP contribution in [0.2, 0.25) is 0 Å². The second kappa shape index (κ2) is 7.64. The summed E-state index contributed by atoms with van der Waals surface area (Å²) in [5.41, 5.74) is 0.791. The van der Waals surface area contributed by atoms with Gasteiger partial charge in [0.05, 0.1) is 31.6 Å². The zero-order valence-corrected chi connectivity index (χ0v) is 12.1. The number of H-pyrrole nitrogens is 1. The van der Waals surface area contributed by atoms with Gasteiger partial charge in [-0.05, 0) is 6.92 Å². The van der Waals surface area contributed by atoms with Gasteiger partial charge in [-0.25, -0.2) is 4.98 Å². The maximum atomic E-state index is 12.0. The minimum atomic E-state index is -0.236. The number of aliphatic hydroxyl groups excluding tert-OH is 1. The number of amides is 2. The Morgan fingerprint density at radius 2 is 2.20 bits per heavy atom. The molecule has 0 aliphatic rings. The zero-order valence-electron chi connectivity index (χ0n) is 12.1. The first-order chi connectivity index (χ1) is 9.43. The Labute approximate surface area is 118 Å². The summed E-state index contributed by atoms with van der Waals surface area (Å²) in [4.78, 5) is 32.0. The normalized spacial score (nSPS) is 10.7. The molecule has 1 aromatic heterocycles. The van der Waals surface area contributed by atoms with Gasteiger partial charge < -0.3 is 20.3 Å². The van der Waals surface area contributed by atoms with Crippen LogP contribution in [0.3, 0.4) is 0 Å². The van der Waals surface area contributed by atoms with Crippen LogP contribution in [-0.2, 0) is 16.1 Å². The van der Waals surface area contributed by atoms with E-state index in [1.165, 1.54) is 4.90 Å². The highest BCUT2D eigenvalue weighted by molar-refractivity contribution is 5.85. The molecule has 7 nitrogen and oxygen atoms in total. The molecular weight excluding hydrogens is 260 g/mol. The van der Waals surface area contributed by atoms with Crippen molar-refractivity contribution in [2.24, 2.45) is 5.92 Å². The topological polar surface area (TPSA) is 98.3 Å². The van der Waals surface area contributed by atoms with E-state index >= 15 is 0 Å². The van der Waals surface area contributed by atoms with E-state index in [-0.39, 0.29) is 37.4 Å². The number of nitrogens with zero attached hydrogens (tertiary/aromatic N) is 2. The highest BCUT2D eigenvalue weighted by Crippen LogP contribution is 2.02. The number of aliphatic hydroxyl groups is 1. The zero-order chi connectivity index (χ0) is 15.1. The first-order valence-corrected chi connectivity index (χ1v) is 6.61. The molecular formula is C13H22N4O3. The Balaban J connectivity index is 2.56. The van der Waals surface area contributed by atoms with Gasteiger partial charge in [0, 0.05) is 12.5 Å². The van der Waals surface area contributed by atoms with Gasteiger partial charge in [-0.3, -0.25) is 9.59 Å². The molecule has 1 aromatic rings. The maximum Gasteiger partial charge on any atom is 0.242 e. The Morgan fingerprint density at radius 3 is 2.70 bits per heavy atom. The summed E-state index contributed by atoms with van der Waals surface area (Å²) in [6, 6.07) is 0. The molecule has 1 heterocycles. The first-order valence-electron chi connectivity index (χ1n) is 6.61. The van der Waals surface area contributed by atoms with Crippen LogP contribution in [0.1, 0.15) is 25.4 Å². The average molecular weight is 282 g/mol. The summed E-state index contributed by atoms with van der Waals surface area (Å²) in [6.07, 6.45) is 1.65. The predicted molar refractivity (Wildman–Crippen MR) is 73.7 cm³/mol. The van der Waals surface area contributed by atoms with Gasteiger partial charge in [-0.15, -0.1) is 0 Å². The van der Waals surface area contributed by atoms with Crippen LogP contribution in [0.4, 0.5) is 0 Å². The molecule has 0 spiro atoms. The van der Waals surface area contributed by atoms with Gasteiger partial charge in [0.15, 0.2) is 0 Å². The van der Waals surface area contributed by atoms with Crippen molar-refractivity contribution in [2.75, 3.05) is 19.7 Å². The van der Waals surface area contributed by atoms with E-state index < -0.39 is 0 Å². The monoisotopic (exact) mass is 282 g/mol. The van der Waals surface area contributed by atoms with Gasteiger partial charge in [0.25, 0.3) is 0 Å². The van der Waals surface area contributed by atoms with Crippen LogP contribution >= 0.6 is 0 Å². The maximum absolute atomic E-state index is 12.0. The van der Waals surface area contributed by atoms with Crippen LogP contribution in [0.15, 0.2) is 6.20 Å². The Hall–Kier alpha value is -1.89. The smallest absolute Gasteiger partial charge is 0.242 e. The minimum Gasteiger partial charge on any atom is -0.395 e. The molecule has 0 unspecified atom stereocenters. The molecule has 0 aromatic carbocycles. The molecule has 0 saturated carbocycles. The molecule has 112 valence electrons. The van der Waals surface area contributed by atoms with Crippen LogP contribution in [0.5, 0.6) is 0 Å². The quantitative estimate of drug-likeness (QED) is 0.645. The fraction of sp³-hybridized carbons (Fsp3) is 0.615. The average Bonchev–Trinajstić information content (AvgIpc) is 2.80. The summed E-state index contributed by atoms with van der Waals surface area (Å²) < 4.78 is 0. The molecule has 7 heteroatoms. The summed E-state index contributed by atoms with van der Waals surface area (Å²) in [5.74, 6) is 0.203. The van der Waals surface area contributed by atoms with Gasteiger partial charge in [0.2, 0.25) is 11.8 Å². The minimum absolute atomic E-state index is 0.0653. The molecule has 20 heavy (non-hydrogen) atoms. The SMILES string of the molecule is Cc1ncc(CN(CCO)C(=O)CNC(=O)C(C)C)[nH]1. The van der Waals surface area contributed by atoms with Gasteiger partial charge >= 0.3 is 0 Å². The third kappa shape index (κ3) is 5.00. The Bertz CT molecular complexity index is 456. The Kier molecular flexibility index (Phi) is 6.17. The van der Waals surface area contributed by atoms with E-state index in [2.05, 4.69) is 15.3 Å². The third-order valence-electron chi connectivity index (χ3n) is 2.78. The molecule has 0 atom stereocenters. The lowest BCUT2D eigenvalue weighted by atomic mass is 10.2. The molecule has 0 aliphatic carbocycles. The van der Waals surface area contributed by atoms with Crippen LogP contribution in [0.25, 0.3) is 0 Å². The largest absolute Gasteiger partial charge is 0.395 e. The number of hydrogen-bond acceptors (Lipinski definition) is 4. The van der Waals surface area contributed by atoms with Crippen molar-refractivity contribution in [3.63, 3.8) is 0 Å². The summed E-state index contributed by atoms with van der Waals surface area (Å²) in [7, 11) is 0. The highest BCUT2D eigenvalue weighted by atomic mass is 16.3. The highest BCUT2D eigenvalue weighted by Gasteiger charge is 2.16. The van der Waals surface area contributed by atoms with Crippen LogP contribution < -0.4 is 5.32 Å². The van der Waals surface area contributed by atoms with E-state index in [1.54, 1.807) is 20.0 Å². The first kappa shape index (κ1) is 16.2. The molecule has 0 bridgehead atoms. The summed E-state index contributed by atoms with van der Waals surface area (Å²) in [5, 5.41) is 11.6. The lowest BCUT2D eigenvalue weighted by Crippen LogP contribution is -2.42. The Morgan fingerprint density at radius 1 is 1.50 bits per heavy atom. The van der Waals surface area contributed by atoms with Crippen molar-refractivity contribution >= 4 is 11.8 Å². The third-order valence-corrected chi connectivity index (χ3v) is 2.78. The lowest BCUT2D eigenvalue weighted by molar-refractivity contribution is -0.134. The lowest BCUT2D eigenvalue weighted by Gasteiger charge is -2.21. The van der Waals surface area contributed by atoms with Gasteiger partial charge in [0.1, 0.15) is 5.82 Å². The van der Waals surface area contributed by atoms with Crippen LogP contribution in [0, 0.1) is 12.8 Å². The fourth-order valence-corrected chi connectivity index (χ4v) is 1.65. The molecule has 1 rings (SSSR count). The van der Waals surface area contributed by atoms with E-state index in [9.17, 15) is 9.59 Å². The number of rotatable bonds is 7. The van der Waals surface area contributed by atoms with Gasteiger partial charge in [-0.2, -0.15) is 0 Å². The summed E-state index contributed by atoms with van der Waals surface area (Å²) in [6.45, 7) is 5.70. The van der Waals surface area contributed by atoms with Crippen molar-refractivity contribution in [1.29, 1.82) is 0 Å². The number of aryl methyl sites for hydroxylation is 1. The molecule has 0 radical (unpaired) electrons. The van der Waals surface area contributed by atoms with Crippen molar-refractivity contribution < 1.29 is 14.7 Å². The molecule has 0 aliphatic heterocycles.